The first kappa shape index (κ1) is 16.3. The second-order valence-corrected chi connectivity index (χ2v) is 6.07. The lowest BCUT2D eigenvalue weighted by Gasteiger charge is -2.23. The fourth-order valence-corrected chi connectivity index (χ4v) is 2.68. The molecule has 0 unspecified atom stereocenters. The lowest BCUT2D eigenvalue weighted by atomic mass is 10.0. The van der Waals surface area contributed by atoms with Gasteiger partial charge in [0.15, 0.2) is 0 Å². The Kier molecular flexibility index (Phi) is 4.71. The predicted molar refractivity (Wildman–Crippen MR) is 94.4 cm³/mol. The van der Waals surface area contributed by atoms with E-state index in [1.807, 2.05) is 36.4 Å². The largest absolute Gasteiger partial charge is 0.493 e. The van der Waals surface area contributed by atoms with Crippen molar-refractivity contribution in [2.75, 3.05) is 25.6 Å². The summed E-state index contributed by atoms with van der Waals surface area (Å²) in [5.74, 6) is 0.961. The van der Waals surface area contributed by atoms with Crippen molar-refractivity contribution in [3.8, 4) is 16.9 Å². The molecule has 0 saturated heterocycles. The fraction of sp³-hybridized carbons (Fsp3) is 0.316. The van der Waals surface area contributed by atoms with Gasteiger partial charge in [-0.3, -0.25) is 0 Å². The first-order valence-electron chi connectivity index (χ1n) is 8.09. The van der Waals surface area contributed by atoms with Gasteiger partial charge in [0.25, 0.3) is 0 Å². The highest BCUT2D eigenvalue weighted by atomic mass is 16.5. The number of hydrogen-bond acceptors (Lipinski definition) is 3. The second kappa shape index (κ2) is 6.93. The van der Waals surface area contributed by atoms with Crippen LogP contribution in [-0.4, -0.2) is 42.3 Å². The number of rotatable bonds is 4. The molecule has 0 saturated carbocycles. The summed E-state index contributed by atoms with van der Waals surface area (Å²) in [4.78, 5) is 13.7. The number of carbonyl (C=O) groups excluding carboxylic acids is 1. The van der Waals surface area contributed by atoms with Crippen molar-refractivity contribution < 1.29 is 14.6 Å². The highest BCUT2D eigenvalue weighted by Gasteiger charge is 2.16. The average molecular weight is 326 g/mol. The number of hydrogen-bond donors (Lipinski definition) is 2. The van der Waals surface area contributed by atoms with E-state index in [9.17, 15) is 4.79 Å². The number of aliphatic hydroxyl groups is 1. The van der Waals surface area contributed by atoms with E-state index in [4.69, 9.17) is 9.84 Å². The molecule has 1 aliphatic heterocycles. The predicted octanol–water partition coefficient (Wildman–Crippen LogP) is 3.13. The number of nitrogens with zero attached hydrogens (tertiary/aromatic N) is 1. The number of benzene rings is 2. The summed E-state index contributed by atoms with van der Waals surface area (Å²) in [6.45, 7) is 2.47. The lowest BCUT2D eigenvalue weighted by molar-refractivity contribution is 0.166. The Balaban J connectivity index is 1.78. The minimum atomic E-state index is -0.240. The molecule has 24 heavy (non-hydrogen) atoms. The van der Waals surface area contributed by atoms with Crippen LogP contribution in [0.3, 0.4) is 0 Å². The van der Waals surface area contributed by atoms with Crippen molar-refractivity contribution in [1.82, 2.24) is 4.90 Å². The van der Waals surface area contributed by atoms with E-state index in [0.717, 1.165) is 35.6 Å². The maximum absolute atomic E-state index is 12.2. The van der Waals surface area contributed by atoms with Crippen molar-refractivity contribution in [3.63, 3.8) is 0 Å². The van der Waals surface area contributed by atoms with Crippen molar-refractivity contribution >= 4 is 11.7 Å². The van der Waals surface area contributed by atoms with Gasteiger partial charge in [-0.05, 0) is 47.9 Å². The van der Waals surface area contributed by atoms with Gasteiger partial charge in [-0.15, -0.1) is 0 Å². The van der Waals surface area contributed by atoms with Crippen LogP contribution < -0.4 is 10.1 Å². The highest BCUT2D eigenvalue weighted by Crippen LogP contribution is 2.31. The van der Waals surface area contributed by atoms with E-state index in [0.29, 0.717) is 0 Å². The van der Waals surface area contributed by atoms with Crippen molar-refractivity contribution in [3.05, 3.63) is 48.0 Å². The van der Waals surface area contributed by atoms with Crippen LogP contribution in [0.25, 0.3) is 11.1 Å². The molecular weight excluding hydrogens is 304 g/mol. The maximum atomic E-state index is 12.2. The summed E-state index contributed by atoms with van der Waals surface area (Å²) in [6, 6.07) is 13.5. The molecule has 5 heteroatoms. The van der Waals surface area contributed by atoms with Crippen LogP contribution in [0, 0.1) is 0 Å². The van der Waals surface area contributed by atoms with Crippen LogP contribution in [0.4, 0.5) is 10.5 Å². The number of urea groups is 1. The molecule has 2 aromatic carbocycles. The molecule has 2 aromatic rings. The van der Waals surface area contributed by atoms with Gasteiger partial charge in [-0.25, -0.2) is 4.79 Å². The fourth-order valence-electron chi connectivity index (χ4n) is 2.68. The third-order valence-electron chi connectivity index (χ3n) is 4.38. The van der Waals surface area contributed by atoms with Gasteiger partial charge in [0.2, 0.25) is 0 Å². The van der Waals surface area contributed by atoms with Crippen molar-refractivity contribution in [1.29, 1.82) is 0 Å². The molecule has 0 radical (unpaired) electrons. The molecule has 0 aromatic heterocycles. The molecule has 2 N–H and O–H groups in total. The standard InChI is InChI=1S/C19H22N2O3/c1-13(12-22)21(2)19(23)20-17-5-3-4-14(11-17)15-6-7-18-16(10-15)8-9-24-18/h3-7,10-11,13,22H,8-9,12H2,1-2H3,(H,20,23)/t13-/m1/s1. The molecular formula is C19H22N2O3. The number of anilines is 1. The normalized spacial score (nSPS) is 13.8. The van der Waals surface area contributed by atoms with E-state index in [2.05, 4.69) is 11.4 Å². The average Bonchev–Trinajstić information content (AvgIpc) is 3.08. The van der Waals surface area contributed by atoms with Crippen molar-refractivity contribution in [2.24, 2.45) is 0 Å². The van der Waals surface area contributed by atoms with Crippen LogP contribution in [0.2, 0.25) is 0 Å². The Bertz CT molecular complexity index is 745. The smallest absolute Gasteiger partial charge is 0.321 e. The van der Waals surface area contributed by atoms with E-state index in [-0.39, 0.29) is 18.7 Å². The Labute approximate surface area is 141 Å². The second-order valence-electron chi connectivity index (χ2n) is 6.07. The van der Waals surface area contributed by atoms with E-state index >= 15 is 0 Å². The number of likely N-dealkylation sites (N-methyl/N-ethyl adjacent to an activating group) is 1. The third-order valence-corrected chi connectivity index (χ3v) is 4.38. The number of amides is 2. The van der Waals surface area contributed by atoms with Crippen LogP contribution in [-0.2, 0) is 6.42 Å². The monoisotopic (exact) mass is 326 g/mol. The molecule has 126 valence electrons. The van der Waals surface area contributed by atoms with E-state index < -0.39 is 0 Å². The molecule has 1 atom stereocenters. The SMILES string of the molecule is C[C@H](CO)N(C)C(=O)Nc1cccc(-c2ccc3c(c2)CCO3)c1. The molecule has 3 rings (SSSR count). The number of fused-ring (bicyclic) bond motifs is 1. The topological polar surface area (TPSA) is 61.8 Å². The molecule has 0 fully saturated rings. The number of nitrogens with one attached hydrogen (secondary N) is 1. The van der Waals surface area contributed by atoms with Gasteiger partial charge in [-0.1, -0.05) is 18.2 Å². The molecule has 2 amide bonds. The zero-order chi connectivity index (χ0) is 17.1. The highest BCUT2D eigenvalue weighted by molar-refractivity contribution is 5.90. The molecule has 1 aliphatic rings. The van der Waals surface area contributed by atoms with E-state index in [1.54, 1.807) is 14.0 Å². The Morgan fingerprint density at radius 1 is 1.29 bits per heavy atom. The quantitative estimate of drug-likeness (QED) is 0.907. The summed E-state index contributed by atoms with van der Waals surface area (Å²) in [7, 11) is 1.67. The zero-order valence-electron chi connectivity index (χ0n) is 14.0. The first-order valence-corrected chi connectivity index (χ1v) is 8.09. The third kappa shape index (κ3) is 3.36. The van der Waals surface area contributed by atoms with Crippen molar-refractivity contribution in [2.45, 2.75) is 19.4 Å². The van der Waals surface area contributed by atoms with Crippen LogP contribution in [0.5, 0.6) is 5.75 Å². The lowest BCUT2D eigenvalue weighted by Crippen LogP contribution is -2.40. The minimum absolute atomic E-state index is 0.0683. The number of ether oxygens (including phenoxy) is 1. The van der Waals surface area contributed by atoms with Gasteiger partial charge in [0, 0.05) is 19.2 Å². The zero-order valence-corrected chi connectivity index (χ0v) is 14.0. The summed E-state index contributed by atoms with van der Waals surface area (Å²) in [5.41, 5.74) is 4.09. The van der Waals surface area contributed by atoms with Crippen LogP contribution >= 0.6 is 0 Å². The van der Waals surface area contributed by atoms with Gasteiger partial charge < -0.3 is 20.1 Å². The molecule has 0 aliphatic carbocycles. The Morgan fingerprint density at radius 2 is 2.08 bits per heavy atom. The first-order chi connectivity index (χ1) is 11.6. The summed E-state index contributed by atoms with van der Waals surface area (Å²) in [6.07, 6.45) is 0.934. The number of carbonyl (C=O) groups is 1. The summed E-state index contributed by atoms with van der Waals surface area (Å²) >= 11 is 0. The Hall–Kier alpha value is -2.53. The van der Waals surface area contributed by atoms with Crippen LogP contribution in [0.15, 0.2) is 42.5 Å². The van der Waals surface area contributed by atoms with Crippen LogP contribution in [0.1, 0.15) is 12.5 Å². The number of aliphatic hydroxyl groups excluding tert-OH is 1. The summed E-state index contributed by atoms with van der Waals surface area (Å²) < 4.78 is 5.54. The van der Waals surface area contributed by atoms with Gasteiger partial charge in [0.05, 0.1) is 19.3 Å². The molecule has 0 bridgehead atoms. The van der Waals surface area contributed by atoms with Gasteiger partial charge in [0.1, 0.15) is 5.75 Å². The van der Waals surface area contributed by atoms with Gasteiger partial charge in [-0.2, -0.15) is 0 Å². The maximum Gasteiger partial charge on any atom is 0.321 e. The molecule has 1 heterocycles. The molecule has 5 nitrogen and oxygen atoms in total. The minimum Gasteiger partial charge on any atom is -0.493 e. The molecule has 0 spiro atoms. The van der Waals surface area contributed by atoms with E-state index in [1.165, 1.54) is 10.5 Å². The Morgan fingerprint density at radius 3 is 2.88 bits per heavy atom. The summed E-state index contributed by atoms with van der Waals surface area (Å²) in [5, 5.41) is 12.0. The van der Waals surface area contributed by atoms with Gasteiger partial charge >= 0.3 is 6.03 Å².